The van der Waals surface area contributed by atoms with Crippen LogP contribution in [0, 0.1) is 0 Å². The van der Waals surface area contributed by atoms with Crippen LogP contribution < -0.4 is 16.0 Å². The number of amides is 3. The zero-order chi connectivity index (χ0) is 18.2. The molecule has 25 heavy (non-hydrogen) atoms. The highest BCUT2D eigenvalue weighted by molar-refractivity contribution is 6.00. The summed E-state index contributed by atoms with van der Waals surface area (Å²) >= 11 is 0. The van der Waals surface area contributed by atoms with Crippen LogP contribution in [0.5, 0.6) is 0 Å². The zero-order valence-corrected chi connectivity index (χ0v) is 14.7. The van der Waals surface area contributed by atoms with E-state index in [1.165, 1.54) is 0 Å². The van der Waals surface area contributed by atoms with Crippen LogP contribution >= 0.6 is 0 Å². The number of nitrogens with one attached hydrogen (secondary N) is 3. The summed E-state index contributed by atoms with van der Waals surface area (Å²) in [5.74, 6) is -0.0463. The fraction of sp³-hybridized carbons (Fsp3) is 0.263. The van der Waals surface area contributed by atoms with E-state index in [4.69, 9.17) is 0 Å². The minimum Gasteiger partial charge on any atom is -0.325 e. The molecule has 6 heteroatoms. The molecular formula is C19H24N4O2. The molecule has 0 aliphatic heterocycles. The third-order valence-electron chi connectivity index (χ3n) is 3.75. The highest BCUT2D eigenvalue weighted by Gasteiger charge is 2.18. The molecule has 3 N–H and O–H groups in total. The molecule has 0 saturated carbocycles. The number of likely N-dealkylation sites (N-methyl/N-ethyl adjacent to an activating group) is 1. The van der Waals surface area contributed by atoms with Crippen molar-refractivity contribution < 1.29 is 9.59 Å². The molecule has 1 unspecified atom stereocenters. The number of hydrogen-bond acceptors (Lipinski definition) is 3. The Hall–Kier alpha value is -2.86. The van der Waals surface area contributed by atoms with Crippen LogP contribution in [-0.4, -0.2) is 37.0 Å². The molecule has 6 nitrogen and oxygen atoms in total. The van der Waals surface area contributed by atoms with Gasteiger partial charge in [-0.15, -0.1) is 0 Å². The summed E-state index contributed by atoms with van der Waals surface area (Å²) in [6.07, 6.45) is 0.734. The van der Waals surface area contributed by atoms with E-state index in [-0.39, 0.29) is 18.0 Å². The maximum atomic E-state index is 12.2. The molecule has 0 fully saturated rings. The number of carbonyl (C=O) groups excluding carboxylic acids is 2. The number of benzene rings is 2. The lowest BCUT2D eigenvalue weighted by Gasteiger charge is -2.21. The second-order valence-corrected chi connectivity index (χ2v) is 5.90. The van der Waals surface area contributed by atoms with Crippen molar-refractivity contribution in [3.8, 4) is 0 Å². The zero-order valence-electron chi connectivity index (χ0n) is 14.7. The maximum absolute atomic E-state index is 12.2. The number of rotatable bonds is 6. The molecule has 2 rings (SSSR count). The first-order valence-electron chi connectivity index (χ1n) is 8.20. The Morgan fingerprint density at radius 3 is 1.80 bits per heavy atom. The first kappa shape index (κ1) is 18.5. The molecule has 0 aromatic heterocycles. The number of nitrogens with zero attached hydrogens (tertiary/aromatic N) is 1. The van der Waals surface area contributed by atoms with E-state index in [0.29, 0.717) is 11.4 Å². The standard InChI is InChI=1S/C19H24N4O2/c1-4-17(23(2)3)18(24)20-15-10-12-16(13-11-15)22-19(25)21-14-8-6-5-7-9-14/h5-13,17H,4H2,1-3H3,(H,20,24)(H2,21,22,25). The third-order valence-corrected chi connectivity index (χ3v) is 3.75. The Kier molecular flexibility index (Phi) is 6.54. The van der Waals surface area contributed by atoms with Gasteiger partial charge in [0.15, 0.2) is 0 Å². The van der Waals surface area contributed by atoms with E-state index < -0.39 is 0 Å². The van der Waals surface area contributed by atoms with Gasteiger partial charge in [-0.05, 0) is 56.9 Å². The van der Waals surface area contributed by atoms with Crippen molar-refractivity contribution in [1.29, 1.82) is 0 Å². The monoisotopic (exact) mass is 340 g/mol. The molecule has 0 radical (unpaired) electrons. The lowest BCUT2D eigenvalue weighted by molar-refractivity contribution is -0.120. The van der Waals surface area contributed by atoms with Gasteiger partial charge in [-0.1, -0.05) is 25.1 Å². The molecule has 0 heterocycles. The van der Waals surface area contributed by atoms with Gasteiger partial charge in [-0.25, -0.2) is 4.79 Å². The summed E-state index contributed by atoms with van der Waals surface area (Å²) in [7, 11) is 3.76. The minimum absolute atomic E-state index is 0.0463. The van der Waals surface area contributed by atoms with Crippen molar-refractivity contribution >= 4 is 29.0 Å². The maximum Gasteiger partial charge on any atom is 0.323 e. The van der Waals surface area contributed by atoms with Crippen molar-refractivity contribution in [2.45, 2.75) is 19.4 Å². The topological polar surface area (TPSA) is 73.5 Å². The Balaban J connectivity index is 1.91. The quantitative estimate of drug-likeness (QED) is 0.752. The number of hydrogen-bond donors (Lipinski definition) is 3. The number of urea groups is 1. The van der Waals surface area contributed by atoms with Crippen molar-refractivity contribution in [1.82, 2.24) is 4.90 Å². The van der Waals surface area contributed by atoms with Crippen LogP contribution in [0.2, 0.25) is 0 Å². The number of carbonyl (C=O) groups is 2. The van der Waals surface area contributed by atoms with Crippen molar-refractivity contribution in [3.05, 3.63) is 54.6 Å². The van der Waals surface area contributed by atoms with Crippen LogP contribution in [0.1, 0.15) is 13.3 Å². The predicted octanol–water partition coefficient (Wildman–Crippen LogP) is 3.61. The smallest absolute Gasteiger partial charge is 0.323 e. The van der Waals surface area contributed by atoms with Gasteiger partial charge in [0.05, 0.1) is 6.04 Å². The number of anilines is 3. The SMILES string of the molecule is CCC(C(=O)Nc1ccc(NC(=O)Nc2ccccc2)cc1)N(C)C. The largest absolute Gasteiger partial charge is 0.325 e. The Labute approximate surface area is 148 Å². The molecule has 132 valence electrons. The van der Waals surface area contributed by atoms with Gasteiger partial charge in [-0.2, -0.15) is 0 Å². The van der Waals surface area contributed by atoms with Gasteiger partial charge in [0, 0.05) is 17.1 Å². The van der Waals surface area contributed by atoms with Crippen molar-refractivity contribution in [2.75, 3.05) is 30.0 Å². The minimum atomic E-state index is -0.318. The predicted molar refractivity (Wildman–Crippen MR) is 102 cm³/mol. The molecular weight excluding hydrogens is 316 g/mol. The van der Waals surface area contributed by atoms with E-state index in [1.54, 1.807) is 24.3 Å². The van der Waals surface area contributed by atoms with Crippen molar-refractivity contribution in [3.63, 3.8) is 0 Å². The summed E-state index contributed by atoms with van der Waals surface area (Å²) in [4.78, 5) is 26.1. The van der Waals surface area contributed by atoms with E-state index in [9.17, 15) is 9.59 Å². The lowest BCUT2D eigenvalue weighted by Crippen LogP contribution is -2.39. The van der Waals surface area contributed by atoms with E-state index in [1.807, 2.05) is 56.3 Å². The fourth-order valence-corrected chi connectivity index (χ4v) is 2.46. The van der Waals surface area contributed by atoms with Crippen LogP contribution in [0.4, 0.5) is 21.9 Å². The summed E-state index contributed by atoms with van der Waals surface area (Å²) in [6, 6.07) is 15.7. The normalized spacial score (nSPS) is 11.7. The average molecular weight is 340 g/mol. The van der Waals surface area contributed by atoms with Crippen molar-refractivity contribution in [2.24, 2.45) is 0 Å². The second-order valence-electron chi connectivity index (χ2n) is 5.90. The Bertz CT molecular complexity index is 699. The Morgan fingerprint density at radius 2 is 1.32 bits per heavy atom. The van der Waals surface area contributed by atoms with Crippen LogP contribution in [-0.2, 0) is 4.79 Å². The van der Waals surface area contributed by atoms with Gasteiger partial charge in [0.25, 0.3) is 0 Å². The fourth-order valence-electron chi connectivity index (χ4n) is 2.46. The van der Waals surface area contributed by atoms with Gasteiger partial charge >= 0.3 is 6.03 Å². The van der Waals surface area contributed by atoms with Gasteiger partial charge in [0.2, 0.25) is 5.91 Å². The first-order valence-corrected chi connectivity index (χ1v) is 8.20. The van der Waals surface area contributed by atoms with Crippen LogP contribution in [0.3, 0.4) is 0 Å². The highest BCUT2D eigenvalue weighted by atomic mass is 16.2. The molecule has 0 aliphatic rings. The molecule has 0 bridgehead atoms. The van der Waals surface area contributed by atoms with Gasteiger partial charge < -0.3 is 16.0 Å². The first-order chi connectivity index (χ1) is 12.0. The van der Waals surface area contributed by atoms with E-state index >= 15 is 0 Å². The third kappa shape index (κ3) is 5.61. The van der Waals surface area contributed by atoms with Crippen LogP contribution in [0.15, 0.2) is 54.6 Å². The number of para-hydroxylation sites is 1. The summed E-state index contributed by atoms with van der Waals surface area (Å²) in [6.45, 7) is 1.97. The Morgan fingerprint density at radius 1 is 0.840 bits per heavy atom. The summed E-state index contributed by atoms with van der Waals surface area (Å²) < 4.78 is 0. The molecule has 0 saturated heterocycles. The summed E-state index contributed by atoms with van der Waals surface area (Å²) in [5, 5.41) is 8.38. The van der Waals surface area contributed by atoms with Crippen LogP contribution in [0.25, 0.3) is 0 Å². The molecule has 3 amide bonds. The molecule has 1 atom stereocenters. The molecule has 0 spiro atoms. The van der Waals surface area contributed by atoms with E-state index in [2.05, 4.69) is 16.0 Å². The van der Waals surface area contributed by atoms with E-state index in [0.717, 1.165) is 12.1 Å². The highest BCUT2D eigenvalue weighted by Crippen LogP contribution is 2.15. The summed E-state index contributed by atoms with van der Waals surface area (Å²) in [5.41, 5.74) is 2.06. The average Bonchev–Trinajstić information content (AvgIpc) is 2.57. The lowest BCUT2D eigenvalue weighted by atomic mass is 10.2. The molecule has 2 aromatic carbocycles. The van der Waals surface area contributed by atoms with Gasteiger partial charge in [0.1, 0.15) is 0 Å². The molecule has 2 aromatic rings. The van der Waals surface area contributed by atoms with Gasteiger partial charge in [-0.3, -0.25) is 9.69 Å². The second kappa shape index (κ2) is 8.84. The molecule has 0 aliphatic carbocycles.